The van der Waals surface area contributed by atoms with Gasteiger partial charge in [0.05, 0.1) is 28.1 Å². The number of thiophene rings is 1. The highest BCUT2D eigenvalue weighted by Gasteiger charge is 2.12. The molecule has 0 aliphatic rings. The average Bonchev–Trinajstić information content (AvgIpc) is 3.39. The number of benzene rings is 1. The minimum absolute atomic E-state index is 0.202. The molecule has 2 aromatic heterocycles. The third-order valence-electron chi connectivity index (χ3n) is 4.20. The van der Waals surface area contributed by atoms with Crippen molar-refractivity contribution < 1.29 is 13.9 Å². The highest BCUT2D eigenvalue weighted by molar-refractivity contribution is 7.17. The lowest BCUT2D eigenvalue weighted by molar-refractivity contribution is 0.0954. The van der Waals surface area contributed by atoms with Crippen molar-refractivity contribution in [1.82, 2.24) is 15.2 Å². The summed E-state index contributed by atoms with van der Waals surface area (Å²) in [6.07, 6.45) is 1.52. The highest BCUT2D eigenvalue weighted by Crippen LogP contribution is 2.22. The van der Waals surface area contributed by atoms with E-state index in [1.165, 1.54) is 17.6 Å². The predicted octanol–water partition coefficient (Wildman–Crippen LogP) is 3.89. The number of nitrogens with zero attached hydrogens (tertiary/aromatic N) is 2. The smallest absolute Gasteiger partial charge is 0.261 e. The van der Waals surface area contributed by atoms with Gasteiger partial charge in [0.2, 0.25) is 5.89 Å². The Bertz CT molecular complexity index is 984. The molecule has 152 valence electrons. The Morgan fingerprint density at radius 2 is 2.07 bits per heavy atom. The number of oxazole rings is 1. The third kappa shape index (κ3) is 5.44. The number of likely N-dealkylation sites (N-methyl/N-ethyl adjacent to an activating group) is 1. The van der Waals surface area contributed by atoms with Gasteiger partial charge in [-0.1, -0.05) is 23.7 Å². The Labute approximate surface area is 177 Å². The van der Waals surface area contributed by atoms with E-state index in [0.29, 0.717) is 39.8 Å². The first-order chi connectivity index (χ1) is 14.0. The number of carbonyl (C=O) groups is 1. The second kappa shape index (κ2) is 9.69. The number of ether oxygens (including phenoxy) is 1. The molecule has 0 atom stereocenters. The summed E-state index contributed by atoms with van der Waals surface area (Å²) < 4.78 is 11.1. The molecule has 1 amide bonds. The topological polar surface area (TPSA) is 91.5 Å². The van der Waals surface area contributed by atoms with Gasteiger partial charge >= 0.3 is 0 Å². The summed E-state index contributed by atoms with van der Waals surface area (Å²) in [4.78, 5) is 18.9. The summed E-state index contributed by atoms with van der Waals surface area (Å²) in [5, 5.41) is 11.0. The maximum atomic E-state index is 12.1. The molecule has 0 spiro atoms. The summed E-state index contributed by atoms with van der Waals surface area (Å²) in [7, 11) is 3.49. The van der Waals surface area contributed by atoms with E-state index in [2.05, 4.69) is 10.3 Å². The van der Waals surface area contributed by atoms with Gasteiger partial charge in [0.1, 0.15) is 12.1 Å². The monoisotopic (exact) mass is 432 g/mol. The first-order valence-corrected chi connectivity index (χ1v) is 10.0. The maximum Gasteiger partial charge on any atom is 0.261 e. The molecule has 2 N–H and O–H groups in total. The summed E-state index contributed by atoms with van der Waals surface area (Å²) in [5.74, 6) is 0.671. The van der Waals surface area contributed by atoms with Gasteiger partial charge in [0, 0.05) is 31.8 Å². The quantitative estimate of drug-likeness (QED) is 0.416. The number of hydrogen-bond donors (Lipinski definition) is 2. The van der Waals surface area contributed by atoms with Crippen molar-refractivity contribution in [2.45, 2.75) is 6.54 Å². The van der Waals surface area contributed by atoms with Crippen molar-refractivity contribution in [3.05, 3.63) is 63.1 Å². The predicted molar refractivity (Wildman–Crippen MR) is 114 cm³/mol. The molecule has 0 fully saturated rings. The van der Waals surface area contributed by atoms with Crippen LogP contribution < -0.4 is 5.32 Å². The van der Waals surface area contributed by atoms with Crippen molar-refractivity contribution in [3.63, 3.8) is 0 Å². The molecule has 2 heterocycles. The van der Waals surface area contributed by atoms with Gasteiger partial charge in [-0.05, 0) is 24.3 Å². The molecule has 9 heteroatoms. The van der Waals surface area contributed by atoms with E-state index in [4.69, 9.17) is 26.2 Å². The van der Waals surface area contributed by atoms with E-state index in [1.807, 2.05) is 36.2 Å². The number of halogens is 1. The lowest BCUT2D eigenvalue weighted by Gasteiger charge is -2.19. The Hall–Kier alpha value is -2.68. The third-order valence-corrected chi connectivity index (χ3v) is 5.43. The minimum atomic E-state index is -0.202. The van der Waals surface area contributed by atoms with Gasteiger partial charge in [-0.2, -0.15) is 0 Å². The number of carbonyl (C=O) groups excluding carboxylic acids is 1. The SMILES string of the molecule is COCCN(C)C(=N)c1ccc(-c2nc(CNC(=O)c3ccc(Cl)s3)co2)cc1. The first kappa shape index (κ1) is 21.0. The van der Waals surface area contributed by atoms with Crippen LogP contribution in [0.5, 0.6) is 0 Å². The number of hydrogen-bond acceptors (Lipinski definition) is 6. The van der Waals surface area contributed by atoms with Crippen LogP contribution in [0.25, 0.3) is 11.5 Å². The first-order valence-electron chi connectivity index (χ1n) is 8.85. The van der Waals surface area contributed by atoms with Crippen LogP contribution in [0.2, 0.25) is 4.34 Å². The summed E-state index contributed by atoms with van der Waals surface area (Å²) in [6.45, 7) is 1.46. The van der Waals surface area contributed by atoms with Crippen LogP contribution in [-0.4, -0.2) is 48.9 Å². The standard InChI is InChI=1S/C20H21ClN4O3S/c1-25(9-10-27-2)18(22)13-3-5-14(6-4-13)20-24-15(12-28-20)11-23-19(26)16-7-8-17(21)29-16/h3-8,12,22H,9-11H2,1-2H3,(H,23,26). The van der Waals surface area contributed by atoms with E-state index < -0.39 is 0 Å². The molecule has 0 unspecified atom stereocenters. The van der Waals surface area contributed by atoms with Gasteiger partial charge in [0.25, 0.3) is 5.91 Å². The zero-order valence-electron chi connectivity index (χ0n) is 16.1. The van der Waals surface area contributed by atoms with Crippen LogP contribution in [0, 0.1) is 5.41 Å². The van der Waals surface area contributed by atoms with Crippen molar-refractivity contribution in [3.8, 4) is 11.5 Å². The summed E-state index contributed by atoms with van der Waals surface area (Å²) in [6, 6.07) is 10.8. The molecule has 1 aromatic carbocycles. The van der Waals surface area contributed by atoms with Crippen LogP contribution in [0.1, 0.15) is 20.9 Å². The summed E-state index contributed by atoms with van der Waals surface area (Å²) >= 11 is 7.08. The Balaban J connectivity index is 1.60. The van der Waals surface area contributed by atoms with Crippen LogP contribution in [0.15, 0.2) is 47.1 Å². The fourth-order valence-corrected chi connectivity index (χ4v) is 3.51. The maximum absolute atomic E-state index is 12.1. The minimum Gasteiger partial charge on any atom is -0.444 e. The number of methoxy groups -OCH3 is 1. The van der Waals surface area contributed by atoms with Crippen LogP contribution in [0.3, 0.4) is 0 Å². The van der Waals surface area contributed by atoms with E-state index in [-0.39, 0.29) is 12.5 Å². The van der Waals surface area contributed by atoms with E-state index in [1.54, 1.807) is 19.2 Å². The van der Waals surface area contributed by atoms with Gasteiger partial charge in [-0.15, -0.1) is 11.3 Å². The molecule has 3 rings (SSSR count). The number of amidine groups is 1. The largest absolute Gasteiger partial charge is 0.444 e. The van der Waals surface area contributed by atoms with Crippen molar-refractivity contribution >= 4 is 34.7 Å². The fraction of sp³-hybridized carbons (Fsp3) is 0.250. The molecular weight excluding hydrogens is 412 g/mol. The zero-order chi connectivity index (χ0) is 20.8. The zero-order valence-corrected chi connectivity index (χ0v) is 17.6. The molecular formula is C20H21ClN4O3S. The molecule has 0 aliphatic carbocycles. The van der Waals surface area contributed by atoms with E-state index in [9.17, 15) is 4.79 Å². The Morgan fingerprint density at radius 1 is 1.31 bits per heavy atom. The number of rotatable bonds is 8. The van der Waals surface area contributed by atoms with Crippen LogP contribution >= 0.6 is 22.9 Å². The average molecular weight is 433 g/mol. The van der Waals surface area contributed by atoms with Gasteiger partial charge in [0.15, 0.2) is 0 Å². The van der Waals surface area contributed by atoms with Crippen molar-refractivity contribution in [1.29, 1.82) is 5.41 Å². The molecule has 0 saturated carbocycles. The van der Waals surface area contributed by atoms with Gasteiger partial charge < -0.3 is 19.4 Å². The second-order valence-corrected chi connectivity index (χ2v) is 7.99. The van der Waals surface area contributed by atoms with Crippen molar-refractivity contribution in [2.75, 3.05) is 27.3 Å². The second-order valence-electron chi connectivity index (χ2n) is 6.27. The van der Waals surface area contributed by atoms with Gasteiger partial charge in [-0.3, -0.25) is 10.2 Å². The van der Waals surface area contributed by atoms with E-state index >= 15 is 0 Å². The number of amides is 1. The molecule has 0 bridgehead atoms. The van der Waals surface area contributed by atoms with E-state index in [0.717, 1.165) is 11.1 Å². The molecule has 3 aromatic rings. The number of nitrogens with one attached hydrogen (secondary N) is 2. The number of aromatic nitrogens is 1. The molecule has 29 heavy (non-hydrogen) atoms. The fourth-order valence-electron chi connectivity index (χ4n) is 2.55. The van der Waals surface area contributed by atoms with Crippen LogP contribution in [0.4, 0.5) is 0 Å². The lowest BCUT2D eigenvalue weighted by Crippen LogP contribution is -2.29. The highest BCUT2D eigenvalue weighted by atomic mass is 35.5. The van der Waals surface area contributed by atoms with Crippen LogP contribution in [-0.2, 0) is 11.3 Å². The Kier molecular flexibility index (Phi) is 7.03. The molecule has 0 aliphatic heterocycles. The Morgan fingerprint density at radius 3 is 2.72 bits per heavy atom. The molecule has 0 saturated heterocycles. The molecule has 7 nitrogen and oxygen atoms in total. The molecule has 0 radical (unpaired) electrons. The van der Waals surface area contributed by atoms with Gasteiger partial charge in [-0.25, -0.2) is 4.98 Å². The normalized spacial score (nSPS) is 10.7. The summed E-state index contributed by atoms with van der Waals surface area (Å²) in [5.41, 5.74) is 2.21. The van der Waals surface area contributed by atoms with Crippen molar-refractivity contribution in [2.24, 2.45) is 0 Å². The lowest BCUT2D eigenvalue weighted by atomic mass is 10.1.